The van der Waals surface area contributed by atoms with Gasteiger partial charge < -0.3 is 10.2 Å². The Morgan fingerprint density at radius 2 is 2.12 bits per heavy atom. The third-order valence-electron chi connectivity index (χ3n) is 3.72. The minimum Gasteiger partial charge on any atom is -0.343 e. The monoisotopic (exact) mass is 224 g/mol. The number of carbonyl (C=O) groups excluding carboxylic acids is 2. The van der Waals surface area contributed by atoms with E-state index in [4.69, 9.17) is 0 Å². The lowest BCUT2D eigenvalue weighted by molar-refractivity contribution is -0.144. The first-order chi connectivity index (χ1) is 7.70. The Balaban J connectivity index is 1.85. The van der Waals surface area contributed by atoms with Crippen LogP contribution in [0.4, 0.5) is 0 Å². The number of hydrogen-bond donors (Lipinski definition) is 1. The van der Waals surface area contributed by atoms with Gasteiger partial charge in [0.2, 0.25) is 11.8 Å². The van der Waals surface area contributed by atoms with Crippen LogP contribution in [0.2, 0.25) is 0 Å². The zero-order chi connectivity index (χ0) is 11.5. The molecule has 90 valence electrons. The molecule has 2 amide bonds. The quantitative estimate of drug-likeness (QED) is 0.771. The van der Waals surface area contributed by atoms with Crippen molar-refractivity contribution in [3.8, 4) is 0 Å². The maximum absolute atomic E-state index is 11.9. The molecule has 0 aromatic rings. The van der Waals surface area contributed by atoms with Crippen molar-refractivity contribution in [1.29, 1.82) is 0 Å². The Morgan fingerprint density at radius 3 is 2.69 bits per heavy atom. The third-order valence-corrected chi connectivity index (χ3v) is 3.72. The number of rotatable bonds is 4. The second-order valence-corrected chi connectivity index (χ2v) is 4.87. The standard InChI is InChI=1S/C12H20N2O2/c1-2-10-12(16)14(8-11(15)13-10)7-6-9-4-3-5-9/h9-10H,2-8H2,1H3,(H,13,15). The summed E-state index contributed by atoms with van der Waals surface area (Å²) in [5.41, 5.74) is 0. The fraction of sp³-hybridized carbons (Fsp3) is 0.833. The molecule has 1 aliphatic carbocycles. The van der Waals surface area contributed by atoms with Crippen molar-refractivity contribution in [3.63, 3.8) is 0 Å². The van der Waals surface area contributed by atoms with Crippen LogP contribution >= 0.6 is 0 Å². The van der Waals surface area contributed by atoms with E-state index < -0.39 is 0 Å². The topological polar surface area (TPSA) is 49.4 Å². The second-order valence-electron chi connectivity index (χ2n) is 4.87. The zero-order valence-corrected chi connectivity index (χ0v) is 9.87. The first-order valence-corrected chi connectivity index (χ1v) is 6.29. The van der Waals surface area contributed by atoms with Crippen molar-refractivity contribution in [2.45, 2.75) is 45.1 Å². The lowest BCUT2D eigenvalue weighted by Crippen LogP contribution is -2.58. The number of carbonyl (C=O) groups is 2. The van der Waals surface area contributed by atoms with Crippen LogP contribution in [0.15, 0.2) is 0 Å². The van der Waals surface area contributed by atoms with E-state index in [0.717, 1.165) is 18.9 Å². The van der Waals surface area contributed by atoms with E-state index in [1.165, 1.54) is 19.3 Å². The first kappa shape index (κ1) is 11.4. The molecule has 1 N–H and O–H groups in total. The summed E-state index contributed by atoms with van der Waals surface area (Å²) in [5, 5.41) is 2.73. The predicted octanol–water partition coefficient (Wildman–Crippen LogP) is 0.914. The lowest BCUT2D eigenvalue weighted by Gasteiger charge is -2.34. The van der Waals surface area contributed by atoms with Gasteiger partial charge in [0.25, 0.3) is 0 Å². The molecule has 4 nitrogen and oxygen atoms in total. The molecule has 1 heterocycles. The average Bonchev–Trinajstić information content (AvgIpc) is 2.20. The molecule has 1 saturated heterocycles. The van der Waals surface area contributed by atoms with Gasteiger partial charge in [0.05, 0.1) is 6.54 Å². The molecule has 2 aliphatic rings. The Morgan fingerprint density at radius 1 is 1.38 bits per heavy atom. The van der Waals surface area contributed by atoms with E-state index in [1.54, 1.807) is 4.90 Å². The van der Waals surface area contributed by atoms with Gasteiger partial charge in [-0.1, -0.05) is 26.2 Å². The highest BCUT2D eigenvalue weighted by atomic mass is 16.2. The summed E-state index contributed by atoms with van der Waals surface area (Å²) in [6, 6.07) is -0.289. The normalized spacial score (nSPS) is 26.6. The predicted molar refractivity (Wildman–Crippen MR) is 60.8 cm³/mol. The molecular formula is C12H20N2O2. The van der Waals surface area contributed by atoms with E-state index in [2.05, 4.69) is 5.32 Å². The zero-order valence-electron chi connectivity index (χ0n) is 9.87. The van der Waals surface area contributed by atoms with Gasteiger partial charge in [-0.3, -0.25) is 9.59 Å². The molecule has 0 spiro atoms. The number of nitrogens with one attached hydrogen (secondary N) is 1. The first-order valence-electron chi connectivity index (χ1n) is 6.29. The highest BCUT2D eigenvalue weighted by molar-refractivity contribution is 5.94. The molecule has 0 bridgehead atoms. The summed E-state index contributed by atoms with van der Waals surface area (Å²) < 4.78 is 0. The molecular weight excluding hydrogens is 204 g/mol. The SMILES string of the molecule is CCC1NC(=O)CN(CCC2CCC2)C1=O. The summed E-state index contributed by atoms with van der Waals surface area (Å²) in [6.07, 6.45) is 5.67. The van der Waals surface area contributed by atoms with E-state index in [0.29, 0.717) is 6.42 Å². The van der Waals surface area contributed by atoms with Gasteiger partial charge in [-0.25, -0.2) is 0 Å². The average molecular weight is 224 g/mol. The molecule has 1 atom stereocenters. The minimum absolute atomic E-state index is 0.0138. The molecule has 0 aromatic carbocycles. The molecule has 1 aliphatic heterocycles. The molecule has 2 rings (SSSR count). The highest BCUT2D eigenvalue weighted by Crippen LogP contribution is 2.29. The molecule has 1 saturated carbocycles. The highest BCUT2D eigenvalue weighted by Gasteiger charge is 2.31. The van der Waals surface area contributed by atoms with Crippen molar-refractivity contribution < 1.29 is 9.59 Å². The lowest BCUT2D eigenvalue weighted by atomic mass is 9.83. The largest absolute Gasteiger partial charge is 0.343 e. The van der Waals surface area contributed by atoms with Crippen LogP contribution in [0.1, 0.15) is 39.0 Å². The maximum Gasteiger partial charge on any atom is 0.245 e. The summed E-state index contributed by atoms with van der Waals surface area (Å²) >= 11 is 0. The second kappa shape index (κ2) is 4.85. The van der Waals surface area contributed by atoms with Crippen LogP contribution in [0, 0.1) is 5.92 Å². The summed E-state index contributed by atoms with van der Waals surface area (Å²) in [4.78, 5) is 25.1. The minimum atomic E-state index is -0.289. The maximum atomic E-state index is 11.9. The number of piperazine rings is 1. The molecule has 1 unspecified atom stereocenters. The van der Waals surface area contributed by atoms with E-state index >= 15 is 0 Å². The van der Waals surface area contributed by atoms with Crippen LogP contribution in [-0.4, -0.2) is 35.8 Å². The van der Waals surface area contributed by atoms with Crippen molar-refractivity contribution in [1.82, 2.24) is 10.2 Å². The van der Waals surface area contributed by atoms with E-state index in [9.17, 15) is 9.59 Å². The Bertz CT molecular complexity index is 287. The van der Waals surface area contributed by atoms with Crippen molar-refractivity contribution in [3.05, 3.63) is 0 Å². The molecule has 2 fully saturated rings. The molecule has 0 radical (unpaired) electrons. The molecule has 16 heavy (non-hydrogen) atoms. The van der Waals surface area contributed by atoms with Crippen LogP contribution in [0.3, 0.4) is 0 Å². The van der Waals surface area contributed by atoms with Gasteiger partial charge in [-0.05, 0) is 18.8 Å². The number of hydrogen-bond acceptors (Lipinski definition) is 2. The third kappa shape index (κ3) is 2.36. The van der Waals surface area contributed by atoms with Crippen LogP contribution < -0.4 is 5.32 Å². The fourth-order valence-corrected chi connectivity index (χ4v) is 2.36. The number of nitrogens with zero attached hydrogens (tertiary/aromatic N) is 1. The van der Waals surface area contributed by atoms with E-state index in [-0.39, 0.29) is 24.4 Å². The van der Waals surface area contributed by atoms with Crippen molar-refractivity contribution >= 4 is 11.8 Å². The van der Waals surface area contributed by atoms with Gasteiger partial charge in [0, 0.05) is 6.54 Å². The summed E-state index contributed by atoms with van der Waals surface area (Å²) in [7, 11) is 0. The van der Waals surface area contributed by atoms with Gasteiger partial charge in [0.15, 0.2) is 0 Å². The molecule has 0 aromatic heterocycles. The number of amides is 2. The summed E-state index contributed by atoms with van der Waals surface area (Å²) in [6.45, 7) is 2.94. The Hall–Kier alpha value is -1.06. The van der Waals surface area contributed by atoms with Crippen LogP contribution in [-0.2, 0) is 9.59 Å². The Kier molecular flexibility index (Phi) is 3.46. The summed E-state index contributed by atoms with van der Waals surface area (Å²) in [5.74, 6) is 0.874. The molecule has 4 heteroatoms. The van der Waals surface area contributed by atoms with Gasteiger partial charge in [-0.15, -0.1) is 0 Å². The smallest absolute Gasteiger partial charge is 0.245 e. The van der Waals surface area contributed by atoms with Crippen LogP contribution in [0.25, 0.3) is 0 Å². The van der Waals surface area contributed by atoms with Gasteiger partial charge in [0.1, 0.15) is 6.04 Å². The van der Waals surface area contributed by atoms with E-state index in [1.807, 2.05) is 6.92 Å². The van der Waals surface area contributed by atoms with Gasteiger partial charge >= 0.3 is 0 Å². The fourth-order valence-electron chi connectivity index (χ4n) is 2.36. The van der Waals surface area contributed by atoms with Crippen molar-refractivity contribution in [2.24, 2.45) is 5.92 Å². The van der Waals surface area contributed by atoms with Crippen LogP contribution in [0.5, 0.6) is 0 Å². The van der Waals surface area contributed by atoms with Gasteiger partial charge in [-0.2, -0.15) is 0 Å². The van der Waals surface area contributed by atoms with Crippen molar-refractivity contribution in [2.75, 3.05) is 13.1 Å². The Labute approximate surface area is 96.4 Å².